The van der Waals surface area contributed by atoms with Crippen molar-refractivity contribution in [1.82, 2.24) is 4.90 Å². The number of carbonyl (C=O) groups is 1. The van der Waals surface area contributed by atoms with E-state index in [-0.39, 0.29) is 11.9 Å². The lowest BCUT2D eigenvalue weighted by Crippen LogP contribution is -2.32. The van der Waals surface area contributed by atoms with Crippen LogP contribution in [0.1, 0.15) is 25.3 Å². The van der Waals surface area contributed by atoms with Gasteiger partial charge in [0, 0.05) is 31.5 Å². The van der Waals surface area contributed by atoms with Crippen LogP contribution in [0.5, 0.6) is 0 Å². The summed E-state index contributed by atoms with van der Waals surface area (Å²) >= 11 is 0. The molecular weight excluding hydrogens is 212 g/mol. The first-order valence-electron chi connectivity index (χ1n) is 6.28. The molecule has 0 radical (unpaired) electrons. The van der Waals surface area contributed by atoms with Gasteiger partial charge in [-0.25, -0.2) is 0 Å². The van der Waals surface area contributed by atoms with Gasteiger partial charge in [-0.2, -0.15) is 0 Å². The Hall–Kier alpha value is -1.35. The van der Waals surface area contributed by atoms with Gasteiger partial charge < -0.3 is 10.6 Å². The Kier molecular flexibility index (Phi) is 3.79. The molecule has 0 bridgehead atoms. The first kappa shape index (κ1) is 12.1. The molecule has 1 aliphatic heterocycles. The maximum absolute atomic E-state index is 11.9. The van der Waals surface area contributed by atoms with Crippen molar-refractivity contribution >= 4 is 5.91 Å². The second kappa shape index (κ2) is 5.32. The maximum Gasteiger partial charge on any atom is 0.223 e. The van der Waals surface area contributed by atoms with E-state index in [4.69, 9.17) is 5.73 Å². The second-order valence-electron chi connectivity index (χ2n) is 4.80. The highest BCUT2D eigenvalue weighted by Gasteiger charge is 2.32. The lowest BCUT2D eigenvalue weighted by atomic mass is 9.98. The van der Waals surface area contributed by atoms with Crippen molar-refractivity contribution in [2.24, 2.45) is 11.7 Å². The quantitative estimate of drug-likeness (QED) is 0.860. The molecule has 2 N–H and O–H groups in total. The smallest absolute Gasteiger partial charge is 0.223 e. The van der Waals surface area contributed by atoms with Gasteiger partial charge in [0.25, 0.3) is 0 Å². The Bertz CT molecular complexity index is 377. The van der Waals surface area contributed by atoms with Gasteiger partial charge in [-0.15, -0.1) is 0 Å². The van der Waals surface area contributed by atoms with Crippen molar-refractivity contribution < 1.29 is 4.79 Å². The fourth-order valence-corrected chi connectivity index (χ4v) is 2.38. The van der Waals surface area contributed by atoms with Crippen LogP contribution in [0, 0.1) is 5.92 Å². The van der Waals surface area contributed by atoms with Crippen molar-refractivity contribution in [2.45, 2.75) is 32.4 Å². The molecule has 0 aromatic heterocycles. The number of nitrogens with zero attached hydrogens (tertiary/aromatic N) is 1. The third-order valence-electron chi connectivity index (χ3n) is 3.54. The monoisotopic (exact) mass is 232 g/mol. The van der Waals surface area contributed by atoms with Crippen molar-refractivity contribution in [1.29, 1.82) is 0 Å². The molecule has 17 heavy (non-hydrogen) atoms. The highest BCUT2D eigenvalue weighted by atomic mass is 16.2. The predicted molar refractivity (Wildman–Crippen MR) is 68.2 cm³/mol. The molecule has 2 atom stereocenters. The standard InChI is InChI=1S/C14H20N2O/c1-2-13(15)12-8-14(17)16(10-12)9-11-6-4-3-5-7-11/h3-7,12-13H,2,8-10,15H2,1H3/t12-,13+/m1/s1. The summed E-state index contributed by atoms with van der Waals surface area (Å²) in [6.45, 7) is 3.60. The van der Waals surface area contributed by atoms with E-state index >= 15 is 0 Å². The first-order chi connectivity index (χ1) is 8.20. The van der Waals surface area contributed by atoms with E-state index in [0.717, 1.165) is 13.0 Å². The van der Waals surface area contributed by atoms with Crippen molar-refractivity contribution in [2.75, 3.05) is 6.54 Å². The number of hydrogen-bond acceptors (Lipinski definition) is 2. The minimum atomic E-state index is 0.153. The van der Waals surface area contributed by atoms with E-state index < -0.39 is 0 Å². The molecule has 92 valence electrons. The molecular formula is C14H20N2O. The molecule has 3 nitrogen and oxygen atoms in total. The molecule has 1 amide bonds. The number of rotatable bonds is 4. The van der Waals surface area contributed by atoms with Gasteiger partial charge in [-0.1, -0.05) is 37.3 Å². The average Bonchev–Trinajstić information content (AvgIpc) is 2.71. The molecule has 2 rings (SSSR count). The summed E-state index contributed by atoms with van der Waals surface area (Å²) in [4.78, 5) is 13.8. The summed E-state index contributed by atoms with van der Waals surface area (Å²) in [5, 5.41) is 0. The number of benzene rings is 1. The van der Waals surface area contributed by atoms with Crippen LogP contribution in [0.3, 0.4) is 0 Å². The largest absolute Gasteiger partial charge is 0.338 e. The van der Waals surface area contributed by atoms with Crippen molar-refractivity contribution in [3.05, 3.63) is 35.9 Å². The van der Waals surface area contributed by atoms with Crippen molar-refractivity contribution in [3.8, 4) is 0 Å². The van der Waals surface area contributed by atoms with Crippen LogP contribution in [-0.4, -0.2) is 23.4 Å². The van der Waals surface area contributed by atoms with Crippen LogP contribution in [0.15, 0.2) is 30.3 Å². The van der Waals surface area contributed by atoms with E-state index in [1.54, 1.807) is 0 Å². The van der Waals surface area contributed by atoms with Crippen LogP contribution in [0.2, 0.25) is 0 Å². The molecule has 3 heteroatoms. The summed E-state index contributed by atoms with van der Waals surface area (Å²) in [5.41, 5.74) is 7.20. The highest BCUT2D eigenvalue weighted by Crippen LogP contribution is 2.23. The van der Waals surface area contributed by atoms with E-state index in [0.29, 0.717) is 18.9 Å². The summed E-state index contributed by atoms with van der Waals surface area (Å²) in [6.07, 6.45) is 1.55. The summed E-state index contributed by atoms with van der Waals surface area (Å²) in [7, 11) is 0. The third-order valence-corrected chi connectivity index (χ3v) is 3.54. The molecule has 1 aromatic rings. The summed E-state index contributed by atoms with van der Waals surface area (Å²) in [5.74, 6) is 0.568. The lowest BCUT2D eigenvalue weighted by Gasteiger charge is -2.19. The molecule has 0 saturated carbocycles. The average molecular weight is 232 g/mol. The molecule has 0 aliphatic carbocycles. The summed E-state index contributed by atoms with van der Waals surface area (Å²) in [6, 6.07) is 10.3. The summed E-state index contributed by atoms with van der Waals surface area (Å²) < 4.78 is 0. The zero-order valence-corrected chi connectivity index (χ0v) is 10.3. The van der Waals surface area contributed by atoms with E-state index in [2.05, 4.69) is 19.1 Å². The highest BCUT2D eigenvalue weighted by molar-refractivity contribution is 5.78. The lowest BCUT2D eigenvalue weighted by molar-refractivity contribution is -0.128. The maximum atomic E-state index is 11.9. The number of amides is 1. The minimum Gasteiger partial charge on any atom is -0.338 e. The van der Waals surface area contributed by atoms with Crippen LogP contribution in [0.25, 0.3) is 0 Å². The number of carbonyl (C=O) groups excluding carboxylic acids is 1. The molecule has 1 fully saturated rings. The Labute approximate surface area is 103 Å². The van der Waals surface area contributed by atoms with Gasteiger partial charge in [0.15, 0.2) is 0 Å². The molecule has 1 aromatic carbocycles. The Morgan fingerprint density at radius 2 is 2.12 bits per heavy atom. The molecule has 1 saturated heterocycles. The zero-order valence-electron chi connectivity index (χ0n) is 10.3. The normalized spacial score (nSPS) is 21.9. The SMILES string of the molecule is CC[C@H](N)[C@@H]1CC(=O)N(Cc2ccccc2)C1. The van der Waals surface area contributed by atoms with Crippen LogP contribution in [-0.2, 0) is 11.3 Å². The Morgan fingerprint density at radius 3 is 2.76 bits per heavy atom. The van der Waals surface area contributed by atoms with Crippen LogP contribution < -0.4 is 5.73 Å². The van der Waals surface area contributed by atoms with E-state index in [9.17, 15) is 4.79 Å². The zero-order chi connectivity index (χ0) is 12.3. The van der Waals surface area contributed by atoms with Crippen LogP contribution in [0.4, 0.5) is 0 Å². The Morgan fingerprint density at radius 1 is 1.41 bits per heavy atom. The molecule has 1 heterocycles. The fraction of sp³-hybridized carbons (Fsp3) is 0.500. The minimum absolute atomic E-state index is 0.153. The fourth-order valence-electron chi connectivity index (χ4n) is 2.38. The van der Waals surface area contributed by atoms with E-state index in [1.807, 2.05) is 23.1 Å². The first-order valence-corrected chi connectivity index (χ1v) is 6.28. The van der Waals surface area contributed by atoms with Gasteiger partial charge in [0.05, 0.1) is 0 Å². The molecule has 1 aliphatic rings. The predicted octanol–water partition coefficient (Wildman–Crippen LogP) is 1.77. The van der Waals surface area contributed by atoms with Gasteiger partial charge in [0.2, 0.25) is 5.91 Å². The molecule has 0 unspecified atom stereocenters. The van der Waals surface area contributed by atoms with Gasteiger partial charge in [-0.3, -0.25) is 4.79 Å². The van der Waals surface area contributed by atoms with Gasteiger partial charge in [-0.05, 0) is 12.0 Å². The number of hydrogen-bond donors (Lipinski definition) is 1. The van der Waals surface area contributed by atoms with E-state index in [1.165, 1.54) is 5.56 Å². The van der Waals surface area contributed by atoms with Gasteiger partial charge in [0.1, 0.15) is 0 Å². The van der Waals surface area contributed by atoms with Gasteiger partial charge >= 0.3 is 0 Å². The third kappa shape index (κ3) is 2.86. The second-order valence-corrected chi connectivity index (χ2v) is 4.80. The van der Waals surface area contributed by atoms with Crippen molar-refractivity contribution in [3.63, 3.8) is 0 Å². The topological polar surface area (TPSA) is 46.3 Å². The Balaban J connectivity index is 1.97. The van der Waals surface area contributed by atoms with Crippen LogP contribution >= 0.6 is 0 Å². The number of nitrogens with two attached hydrogens (primary N) is 1. The molecule has 0 spiro atoms. The number of likely N-dealkylation sites (tertiary alicyclic amines) is 1.